The molecule has 2 aromatic rings. The van der Waals surface area contributed by atoms with E-state index in [-0.39, 0.29) is 11.7 Å². The van der Waals surface area contributed by atoms with E-state index in [0.29, 0.717) is 11.8 Å². The predicted octanol–water partition coefficient (Wildman–Crippen LogP) is 6.92. The largest absolute Gasteiger partial charge is 0.464 e. The fourth-order valence-electron chi connectivity index (χ4n) is 3.45. The Labute approximate surface area is 157 Å². The molecule has 3 heteroatoms. The summed E-state index contributed by atoms with van der Waals surface area (Å²) in [6.07, 6.45) is -0.320. The first kappa shape index (κ1) is 19.9. The Morgan fingerprint density at radius 1 is 0.840 bits per heavy atom. The Balaban J connectivity index is 1.95. The molecule has 0 saturated carbocycles. The highest BCUT2D eigenvalue weighted by Crippen LogP contribution is 2.41. The van der Waals surface area contributed by atoms with Crippen LogP contribution >= 0.6 is 12.0 Å². The van der Waals surface area contributed by atoms with Crippen LogP contribution in [0.3, 0.4) is 0 Å². The summed E-state index contributed by atoms with van der Waals surface area (Å²) in [5, 5.41) is 0. The highest BCUT2D eigenvalue weighted by Gasteiger charge is 2.28. The zero-order valence-electron chi connectivity index (χ0n) is 16.2. The van der Waals surface area contributed by atoms with Crippen LogP contribution < -0.4 is 4.74 Å². The van der Waals surface area contributed by atoms with E-state index in [1.165, 1.54) is 17.6 Å². The maximum atomic E-state index is 5.87. The van der Waals surface area contributed by atoms with Crippen LogP contribution in [-0.2, 0) is 4.18 Å². The molecule has 0 aliphatic carbocycles. The normalized spacial score (nSPS) is 14.4. The maximum absolute atomic E-state index is 5.87. The van der Waals surface area contributed by atoms with Crippen LogP contribution in [0.25, 0.3) is 0 Å². The van der Waals surface area contributed by atoms with Crippen LogP contribution in [0.5, 0.6) is 5.75 Å². The van der Waals surface area contributed by atoms with Gasteiger partial charge in [-0.2, -0.15) is 0 Å². The van der Waals surface area contributed by atoms with E-state index in [4.69, 9.17) is 8.92 Å². The molecule has 136 valence electrons. The van der Waals surface area contributed by atoms with Gasteiger partial charge in [-0.25, -0.2) is 0 Å². The Hall–Kier alpha value is -1.45. The van der Waals surface area contributed by atoms with E-state index in [9.17, 15) is 0 Å². The van der Waals surface area contributed by atoms with Crippen LogP contribution in [-0.4, -0.2) is 6.29 Å². The van der Waals surface area contributed by atoms with Crippen molar-refractivity contribution in [2.45, 2.75) is 58.6 Å². The van der Waals surface area contributed by atoms with E-state index >= 15 is 0 Å². The van der Waals surface area contributed by atoms with Crippen LogP contribution in [0.15, 0.2) is 59.5 Å². The summed E-state index contributed by atoms with van der Waals surface area (Å²) in [6, 6.07) is 18.5. The predicted molar refractivity (Wildman–Crippen MR) is 107 cm³/mol. The molecule has 0 fully saturated rings. The van der Waals surface area contributed by atoms with Crippen LogP contribution in [0.2, 0.25) is 0 Å². The van der Waals surface area contributed by atoms with Gasteiger partial charge in [0.2, 0.25) is 6.29 Å². The number of ether oxygens (including phenoxy) is 1. The van der Waals surface area contributed by atoms with Crippen molar-refractivity contribution in [3.63, 3.8) is 0 Å². The fraction of sp³-hybridized carbons (Fsp3) is 0.455. The number of hydrogen-bond donors (Lipinski definition) is 0. The van der Waals surface area contributed by atoms with Crippen molar-refractivity contribution in [2.75, 3.05) is 0 Å². The van der Waals surface area contributed by atoms with Gasteiger partial charge in [-0.05, 0) is 54.0 Å². The van der Waals surface area contributed by atoms with Gasteiger partial charge in [-0.3, -0.25) is 4.18 Å². The van der Waals surface area contributed by atoms with Crippen LogP contribution in [0, 0.1) is 11.3 Å². The Morgan fingerprint density at radius 3 is 1.96 bits per heavy atom. The molecule has 0 saturated heterocycles. The van der Waals surface area contributed by atoms with Crippen LogP contribution in [0.4, 0.5) is 0 Å². The van der Waals surface area contributed by atoms with Gasteiger partial charge in [0, 0.05) is 16.9 Å². The molecular formula is C22H30O2S. The number of hydrogen-bond acceptors (Lipinski definition) is 3. The average molecular weight is 359 g/mol. The molecule has 2 nitrogen and oxygen atoms in total. The highest BCUT2D eigenvalue weighted by atomic mass is 32.2. The van der Waals surface area contributed by atoms with Crippen molar-refractivity contribution in [2.24, 2.45) is 11.3 Å². The number of rotatable bonds is 7. The molecule has 0 bridgehead atoms. The molecule has 0 spiro atoms. The Kier molecular flexibility index (Phi) is 6.97. The summed E-state index contributed by atoms with van der Waals surface area (Å²) < 4.78 is 11.6. The summed E-state index contributed by atoms with van der Waals surface area (Å²) in [7, 11) is 0. The Morgan fingerprint density at radius 2 is 1.44 bits per heavy atom. The first-order valence-corrected chi connectivity index (χ1v) is 9.66. The van der Waals surface area contributed by atoms with Gasteiger partial charge in [0.05, 0.1) is 0 Å². The van der Waals surface area contributed by atoms with Gasteiger partial charge in [0.1, 0.15) is 5.75 Å². The lowest BCUT2D eigenvalue weighted by Crippen LogP contribution is -2.23. The first-order chi connectivity index (χ1) is 11.8. The molecule has 0 radical (unpaired) electrons. The molecule has 2 atom stereocenters. The zero-order chi connectivity index (χ0) is 18.4. The summed E-state index contributed by atoms with van der Waals surface area (Å²) in [4.78, 5) is 1.07. The zero-order valence-corrected chi connectivity index (χ0v) is 17.0. The van der Waals surface area contributed by atoms with Crippen molar-refractivity contribution in [1.82, 2.24) is 0 Å². The lowest BCUT2D eigenvalue weighted by atomic mass is 9.70. The minimum atomic E-state index is -0.320. The van der Waals surface area contributed by atoms with Gasteiger partial charge < -0.3 is 4.74 Å². The summed E-state index contributed by atoms with van der Waals surface area (Å²) in [5.74, 6) is 1.95. The standard InChI is InChI=1S/C22H30O2S/c1-16(2)21(22(4,5)6)18-12-14-19(15-13-18)23-17(3)24-25-20-10-8-7-9-11-20/h7-17,21H,1-6H3. The lowest BCUT2D eigenvalue weighted by molar-refractivity contribution is 0.0404. The molecule has 2 rings (SSSR count). The summed E-state index contributed by atoms with van der Waals surface area (Å²) in [6.45, 7) is 13.4. The monoisotopic (exact) mass is 358 g/mol. The van der Waals surface area contributed by atoms with E-state index in [0.717, 1.165) is 10.6 Å². The summed E-state index contributed by atoms with van der Waals surface area (Å²) >= 11 is 1.34. The van der Waals surface area contributed by atoms with Crippen molar-refractivity contribution < 1.29 is 8.92 Å². The smallest absolute Gasteiger partial charge is 0.209 e. The van der Waals surface area contributed by atoms with Gasteiger partial charge in [0.15, 0.2) is 0 Å². The molecule has 0 heterocycles. The molecular weight excluding hydrogens is 328 g/mol. The molecule has 25 heavy (non-hydrogen) atoms. The topological polar surface area (TPSA) is 18.5 Å². The van der Waals surface area contributed by atoms with Gasteiger partial charge in [-0.1, -0.05) is 65.0 Å². The lowest BCUT2D eigenvalue weighted by Gasteiger charge is -2.34. The average Bonchev–Trinajstić information content (AvgIpc) is 2.54. The maximum Gasteiger partial charge on any atom is 0.209 e. The third kappa shape index (κ3) is 6.09. The third-order valence-corrected chi connectivity index (χ3v) is 5.00. The minimum absolute atomic E-state index is 0.235. The molecule has 0 aromatic heterocycles. The molecule has 2 unspecified atom stereocenters. The van der Waals surface area contributed by atoms with Crippen molar-refractivity contribution in [3.8, 4) is 5.75 Å². The second-order valence-corrected chi connectivity index (χ2v) is 8.67. The van der Waals surface area contributed by atoms with Gasteiger partial charge >= 0.3 is 0 Å². The quantitative estimate of drug-likeness (QED) is 0.395. The Bertz CT molecular complexity index is 629. The van der Waals surface area contributed by atoms with E-state index in [1.54, 1.807) is 0 Å². The molecule has 0 aliphatic rings. The van der Waals surface area contributed by atoms with Crippen molar-refractivity contribution in [3.05, 3.63) is 60.2 Å². The van der Waals surface area contributed by atoms with Gasteiger partial charge in [0.25, 0.3) is 0 Å². The van der Waals surface area contributed by atoms with Gasteiger partial charge in [-0.15, -0.1) is 0 Å². The molecule has 2 aromatic carbocycles. The third-order valence-electron chi connectivity index (χ3n) is 4.16. The highest BCUT2D eigenvalue weighted by molar-refractivity contribution is 7.94. The fourth-order valence-corrected chi connectivity index (χ4v) is 4.00. The number of benzene rings is 2. The molecule has 0 N–H and O–H groups in total. The van der Waals surface area contributed by atoms with Crippen molar-refractivity contribution >= 4 is 12.0 Å². The van der Waals surface area contributed by atoms with Crippen molar-refractivity contribution in [1.29, 1.82) is 0 Å². The SMILES string of the molecule is CC(OSc1ccccc1)Oc1ccc(C(C(C)C)C(C)(C)C)cc1. The second kappa shape index (κ2) is 8.77. The van der Waals surface area contributed by atoms with E-state index in [1.807, 2.05) is 49.4 Å². The van der Waals surface area contributed by atoms with E-state index in [2.05, 4.69) is 46.8 Å². The minimum Gasteiger partial charge on any atom is -0.464 e. The van der Waals surface area contributed by atoms with E-state index < -0.39 is 0 Å². The first-order valence-electron chi connectivity index (χ1n) is 8.92. The van der Waals surface area contributed by atoms with Crippen LogP contribution in [0.1, 0.15) is 53.0 Å². The second-order valence-electron chi connectivity index (χ2n) is 7.83. The molecule has 0 aliphatic heterocycles. The molecule has 0 amide bonds. The summed E-state index contributed by atoms with van der Waals surface area (Å²) in [5.41, 5.74) is 1.60.